The third-order valence-electron chi connectivity index (χ3n) is 5.97. The maximum absolute atomic E-state index is 12.9. The summed E-state index contributed by atoms with van der Waals surface area (Å²) in [4.78, 5) is 25.2. The van der Waals surface area contributed by atoms with Crippen LogP contribution in [0.5, 0.6) is 5.75 Å². The topological polar surface area (TPSA) is 59.0 Å². The minimum atomic E-state index is -0.278. The molecule has 1 saturated heterocycles. The normalized spacial score (nSPS) is 27.3. The van der Waals surface area contributed by atoms with Crippen molar-refractivity contribution in [3.8, 4) is 5.75 Å². The fourth-order valence-electron chi connectivity index (χ4n) is 4.52. The molecule has 5 rings (SSSR count). The molecule has 6 heteroatoms. The highest BCUT2D eigenvalue weighted by Crippen LogP contribution is 2.52. The van der Waals surface area contributed by atoms with E-state index in [4.69, 9.17) is 4.74 Å². The zero-order valence-corrected chi connectivity index (χ0v) is 15.6. The average molecular weight is 390 g/mol. The smallest absolute Gasteiger partial charge is 0.254 e. The van der Waals surface area contributed by atoms with E-state index in [0.717, 1.165) is 22.6 Å². The van der Waals surface area contributed by atoms with Crippen LogP contribution in [0, 0.1) is 29.5 Å². The Morgan fingerprint density at radius 2 is 1.59 bits per heavy atom. The van der Waals surface area contributed by atoms with Crippen molar-refractivity contribution in [1.29, 1.82) is 0 Å². The lowest BCUT2D eigenvalue weighted by atomic mass is 9.85. The van der Waals surface area contributed by atoms with Crippen molar-refractivity contribution in [2.45, 2.75) is 13.0 Å². The van der Waals surface area contributed by atoms with Gasteiger partial charge in [-0.25, -0.2) is 4.39 Å². The number of hydrogen-bond acceptors (Lipinski definition) is 4. The second-order valence-electron chi connectivity index (χ2n) is 7.72. The molecule has 1 heterocycles. The molecule has 5 nitrogen and oxygen atoms in total. The molecule has 0 unspecified atom stereocenters. The van der Waals surface area contributed by atoms with Gasteiger partial charge in [0.2, 0.25) is 0 Å². The van der Waals surface area contributed by atoms with Gasteiger partial charge in [0.05, 0.1) is 18.1 Å². The fraction of sp³-hybridized carbons (Fsp3) is 0.261. The lowest BCUT2D eigenvalue weighted by Gasteiger charge is -2.13. The van der Waals surface area contributed by atoms with Gasteiger partial charge >= 0.3 is 0 Å². The van der Waals surface area contributed by atoms with Crippen LogP contribution in [0.2, 0.25) is 0 Å². The Morgan fingerprint density at radius 3 is 2.21 bits per heavy atom. The van der Waals surface area contributed by atoms with Crippen LogP contribution in [-0.2, 0) is 16.2 Å². The highest BCUT2D eigenvalue weighted by Gasteiger charge is 2.59. The Hall–Kier alpha value is -3.28. The molecule has 2 aromatic carbocycles. The van der Waals surface area contributed by atoms with Gasteiger partial charge in [-0.2, -0.15) is 10.1 Å². The number of rotatable bonds is 5. The Labute approximate surface area is 167 Å². The minimum Gasteiger partial charge on any atom is -0.489 e. The molecule has 2 aromatic rings. The van der Waals surface area contributed by atoms with Gasteiger partial charge in [-0.3, -0.25) is 9.59 Å². The van der Waals surface area contributed by atoms with E-state index in [0.29, 0.717) is 12.4 Å². The summed E-state index contributed by atoms with van der Waals surface area (Å²) >= 11 is 0. The first-order valence-corrected chi connectivity index (χ1v) is 9.67. The largest absolute Gasteiger partial charge is 0.489 e. The van der Waals surface area contributed by atoms with E-state index in [-0.39, 0.29) is 41.3 Å². The summed E-state index contributed by atoms with van der Waals surface area (Å²) in [5, 5.41) is 5.21. The number of benzene rings is 2. The third kappa shape index (κ3) is 3.14. The van der Waals surface area contributed by atoms with Crippen molar-refractivity contribution in [1.82, 2.24) is 5.01 Å². The van der Waals surface area contributed by atoms with E-state index in [1.54, 1.807) is 36.4 Å². The average Bonchev–Trinajstić information content (AvgIpc) is 3.41. The molecule has 4 atom stereocenters. The van der Waals surface area contributed by atoms with Gasteiger partial charge in [0.1, 0.15) is 18.2 Å². The van der Waals surface area contributed by atoms with Crippen LogP contribution in [0.4, 0.5) is 4.39 Å². The zero-order valence-electron chi connectivity index (χ0n) is 15.6. The molecular formula is C23H19FN2O3. The molecule has 2 fully saturated rings. The van der Waals surface area contributed by atoms with Crippen LogP contribution in [0.15, 0.2) is 65.8 Å². The second-order valence-corrected chi connectivity index (χ2v) is 7.72. The molecule has 0 aromatic heterocycles. The molecule has 146 valence electrons. The number of imide groups is 1. The van der Waals surface area contributed by atoms with Crippen molar-refractivity contribution in [2.24, 2.45) is 28.8 Å². The molecule has 1 aliphatic heterocycles. The minimum absolute atomic E-state index is 0.180. The Bertz CT molecular complexity index is 983. The standard InChI is InChI=1S/C23H19FN2O3/c24-18-7-1-15(2-8-18)13-29-19-9-3-14(4-10-19)12-25-26-22(27)20-16-5-6-17(11-16)21(20)23(26)28/h1-10,12,16-17,20-21H,11,13H2/t16-,17-,20-,21+/m0/s1. The number of ether oxygens (including phenoxy) is 1. The molecule has 2 aliphatic carbocycles. The first-order valence-electron chi connectivity index (χ1n) is 9.67. The van der Waals surface area contributed by atoms with Crippen molar-refractivity contribution < 1.29 is 18.7 Å². The van der Waals surface area contributed by atoms with Gasteiger partial charge in [0.25, 0.3) is 11.8 Å². The van der Waals surface area contributed by atoms with Gasteiger partial charge in [0.15, 0.2) is 0 Å². The van der Waals surface area contributed by atoms with Crippen molar-refractivity contribution in [3.05, 3.63) is 77.6 Å². The van der Waals surface area contributed by atoms with Gasteiger partial charge in [-0.15, -0.1) is 0 Å². The molecule has 29 heavy (non-hydrogen) atoms. The van der Waals surface area contributed by atoms with E-state index < -0.39 is 0 Å². The van der Waals surface area contributed by atoms with Gasteiger partial charge in [-0.05, 0) is 65.8 Å². The summed E-state index contributed by atoms with van der Waals surface area (Å²) in [6.07, 6.45) is 6.56. The molecule has 1 saturated carbocycles. The maximum Gasteiger partial charge on any atom is 0.254 e. The van der Waals surface area contributed by atoms with Crippen LogP contribution >= 0.6 is 0 Å². The van der Waals surface area contributed by atoms with E-state index in [2.05, 4.69) is 17.3 Å². The van der Waals surface area contributed by atoms with E-state index in [1.165, 1.54) is 18.3 Å². The molecular weight excluding hydrogens is 371 g/mol. The number of carbonyl (C=O) groups excluding carboxylic acids is 2. The first kappa shape index (κ1) is 17.8. The Morgan fingerprint density at radius 1 is 0.966 bits per heavy atom. The fourth-order valence-corrected chi connectivity index (χ4v) is 4.52. The number of halogens is 1. The summed E-state index contributed by atoms with van der Waals surface area (Å²) in [5.74, 6) is -0.108. The SMILES string of the molecule is O=C1[C@@H]2[C@H](C(=O)N1N=Cc1ccc(OCc3ccc(F)cc3)cc1)[C@H]1C=C[C@H]2C1. The van der Waals surface area contributed by atoms with Crippen molar-refractivity contribution in [2.75, 3.05) is 0 Å². The Kier molecular flexibility index (Phi) is 4.27. The summed E-state index contributed by atoms with van der Waals surface area (Å²) in [5.41, 5.74) is 1.63. The monoisotopic (exact) mass is 390 g/mol. The maximum atomic E-state index is 12.9. The molecule has 0 spiro atoms. The Balaban J connectivity index is 1.22. The highest BCUT2D eigenvalue weighted by molar-refractivity contribution is 6.06. The van der Waals surface area contributed by atoms with Crippen LogP contribution in [-0.4, -0.2) is 23.0 Å². The number of hydrogen-bond donors (Lipinski definition) is 0. The van der Waals surface area contributed by atoms with Crippen LogP contribution < -0.4 is 4.74 Å². The van der Waals surface area contributed by atoms with E-state index >= 15 is 0 Å². The van der Waals surface area contributed by atoms with Crippen LogP contribution in [0.1, 0.15) is 17.5 Å². The van der Waals surface area contributed by atoms with Crippen molar-refractivity contribution >= 4 is 18.0 Å². The predicted octanol–water partition coefficient (Wildman–Crippen LogP) is 3.55. The molecule has 2 bridgehead atoms. The lowest BCUT2D eigenvalue weighted by Crippen LogP contribution is -2.28. The summed E-state index contributed by atoms with van der Waals surface area (Å²) in [6.45, 7) is 0.337. The summed E-state index contributed by atoms with van der Waals surface area (Å²) < 4.78 is 18.6. The molecule has 3 aliphatic rings. The second kappa shape index (κ2) is 6.95. The van der Waals surface area contributed by atoms with Gasteiger partial charge < -0.3 is 4.74 Å². The number of amides is 2. The lowest BCUT2D eigenvalue weighted by molar-refractivity contribution is -0.140. The van der Waals surface area contributed by atoms with Gasteiger partial charge in [0, 0.05) is 0 Å². The van der Waals surface area contributed by atoms with E-state index in [1.807, 2.05) is 0 Å². The third-order valence-corrected chi connectivity index (χ3v) is 5.97. The predicted molar refractivity (Wildman–Crippen MR) is 104 cm³/mol. The first-order chi connectivity index (χ1) is 14.1. The van der Waals surface area contributed by atoms with Crippen molar-refractivity contribution in [3.63, 3.8) is 0 Å². The highest BCUT2D eigenvalue weighted by atomic mass is 19.1. The van der Waals surface area contributed by atoms with E-state index in [9.17, 15) is 14.0 Å². The number of allylic oxidation sites excluding steroid dienone is 2. The number of carbonyl (C=O) groups is 2. The van der Waals surface area contributed by atoms with Crippen LogP contribution in [0.25, 0.3) is 0 Å². The number of fused-ring (bicyclic) bond motifs is 5. The zero-order chi connectivity index (χ0) is 20.0. The summed E-state index contributed by atoms with van der Waals surface area (Å²) in [7, 11) is 0. The molecule has 2 amide bonds. The summed E-state index contributed by atoms with van der Waals surface area (Å²) in [6, 6.07) is 13.3. The quantitative estimate of drug-likeness (QED) is 0.446. The molecule has 0 radical (unpaired) electrons. The van der Waals surface area contributed by atoms with Crippen LogP contribution in [0.3, 0.4) is 0 Å². The molecule has 0 N–H and O–H groups in total. The number of hydrazone groups is 1. The number of nitrogens with zero attached hydrogens (tertiary/aromatic N) is 2. The van der Waals surface area contributed by atoms with Gasteiger partial charge in [-0.1, -0.05) is 24.3 Å².